The van der Waals surface area contributed by atoms with E-state index in [1.165, 1.54) is 0 Å². The molecule has 0 saturated heterocycles. The van der Waals surface area contributed by atoms with Crippen molar-refractivity contribution >= 4 is 16.9 Å². The summed E-state index contributed by atoms with van der Waals surface area (Å²) in [6.07, 6.45) is 0. The third-order valence-electron chi connectivity index (χ3n) is 3.08. The highest BCUT2D eigenvalue weighted by molar-refractivity contribution is 5.82. The highest BCUT2D eigenvalue weighted by atomic mass is 16.2. The summed E-state index contributed by atoms with van der Waals surface area (Å²) >= 11 is 0. The van der Waals surface area contributed by atoms with Crippen LogP contribution in [0, 0.1) is 0 Å². The van der Waals surface area contributed by atoms with Crippen LogP contribution in [-0.4, -0.2) is 26.4 Å². The number of carbonyl (C=O) groups is 1. The maximum atomic E-state index is 11.8. The molecule has 0 spiro atoms. The van der Waals surface area contributed by atoms with Crippen molar-refractivity contribution in [1.29, 1.82) is 0 Å². The maximum absolute atomic E-state index is 11.8. The van der Waals surface area contributed by atoms with Crippen molar-refractivity contribution < 1.29 is 4.79 Å². The van der Waals surface area contributed by atoms with Crippen LogP contribution in [0.15, 0.2) is 24.3 Å². The third-order valence-corrected chi connectivity index (χ3v) is 3.08. The van der Waals surface area contributed by atoms with E-state index in [4.69, 9.17) is 5.73 Å². The molecule has 1 aliphatic heterocycles. The Morgan fingerprint density at radius 1 is 1.47 bits per heavy atom. The molecule has 17 heavy (non-hydrogen) atoms. The molecule has 1 amide bonds. The van der Waals surface area contributed by atoms with Gasteiger partial charge in [0, 0.05) is 0 Å². The molecule has 0 aliphatic carbocycles. The Kier molecular flexibility index (Phi) is 2.16. The van der Waals surface area contributed by atoms with Crippen LogP contribution < -0.4 is 5.73 Å². The number of hydrogen-bond donors (Lipinski definition) is 1. The van der Waals surface area contributed by atoms with Crippen LogP contribution in [0.25, 0.3) is 11.0 Å². The Morgan fingerprint density at radius 2 is 2.24 bits per heavy atom. The SMILES string of the molecule is C[C@@H](N)C(=O)N1Cc2nc3ccccc3n2C1. The Bertz CT molecular complexity index is 587. The minimum absolute atomic E-state index is 0.0282. The van der Waals surface area contributed by atoms with Crippen LogP contribution in [0.5, 0.6) is 0 Å². The first-order valence-corrected chi connectivity index (χ1v) is 5.65. The first-order valence-electron chi connectivity index (χ1n) is 5.65. The minimum atomic E-state index is -0.453. The number of amides is 1. The highest BCUT2D eigenvalue weighted by Gasteiger charge is 2.27. The molecule has 2 heterocycles. The van der Waals surface area contributed by atoms with E-state index in [1.54, 1.807) is 11.8 Å². The number of fused-ring (bicyclic) bond motifs is 3. The lowest BCUT2D eigenvalue weighted by atomic mass is 10.3. The number of benzene rings is 1. The standard InChI is InChI=1S/C12H14N4O/c1-8(13)12(17)15-6-11-14-9-4-2-3-5-10(9)16(11)7-15/h2-5,8H,6-7,13H2,1H3/t8-/m1/s1. The van der Waals surface area contributed by atoms with E-state index in [1.807, 2.05) is 24.3 Å². The zero-order valence-corrected chi connectivity index (χ0v) is 9.63. The Labute approximate surface area is 98.8 Å². The molecule has 1 aliphatic rings. The molecule has 0 fully saturated rings. The van der Waals surface area contributed by atoms with Crippen LogP contribution in [0.1, 0.15) is 12.7 Å². The van der Waals surface area contributed by atoms with Crippen molar-refractivity contribution in [3.05, 3.63) is 30.1 Å². The zero-order valence-electron chi connectivity index (χ0n) is 9.63. The van der Waals surface area contributed by atoms with Crippen LogP contribution in [0.2, 0.25) is 0 Å². The first-order chi connectivity index (χ1) is 8.16. The van der Waals surface area contributed by atoms with Gasteiger partial charge in [0.25, 0.3) is 0 Å². The molecule has 2 N–H and O–H groups in total. The predicted octanol–water partition coefficient (Wildman–Crippen LogP) is 0.683. The molecular weight excluding hydrogens is 216 g/mol. The number of hydrogen-bond acceptors (Lipinski definition) is 3. The summed E-state index contributed by atoms with van der Waals surface area (Å²) in [6.45, 7) is 2.81. The Hall–Kier alpha value is -1.88. The van der Waals surface area contributed by atoms with Gasteiger partial charge in [-0.25, -0.2) is 4.98 Å². The van der Waals surface area contributed by atoms with E-state index in [9.17, 15) is 4.79 Å². The fraction of sp³-hybridized carbons (Fsp3) is 0.333. The fourth-order valence-corrected chi connectivity index (χ4v) is 2.23. The first kappa shape index (κ1) is 10.3. The predicted molar refractivity (Wildman–Crippen MR) is 63.9 cm³/mol. The number of nitrogens with zero attached hydrogens (tertiary/aromatic N) is 3. The van der Waals surface area contributed by atoms with Gasteiger partial charge in [0.05, 0.1) is 30.3 Å². The third kappa shape index (κ3) is 1.51. The van der Waals surface area contributed by atoms with Gasteiger partial charge in [0.2, 0.25) is 5.91 Å². The molecule has 2 aromatic rings. The minimum Gasteiger partial charge on any atom is -0.320 e. The van der Waals surface area contributed by atoms with Crippen LogP contribution >= 0.6 is 0 Å². The van der Waals surface area contributed by atoms with Crippen LogP contribution in [-0.2, 0) is 18.0 Å². The maximum Gasteiger partial charge on any atom is 0.241 e. The van der Waals surface area contributed by atoms with Crippen molar-refractivity contribution in [2.75, 3.05) is 0 Å². The summed E-state index contributed by atoms with van der Waals surface area (Å²) in [5.41, 5.74) is 7.66. The van der Waals surface area contributed by atoms with Gasteiger partial charge in [-0.05, 0) is 19.1 Å². The Morgan fingerprint density at radius 3 is 3.00 bits per heavy atom. The van der Waals surface area contributed by atoms with Gasteiger partial charge in [0.1, 0.15) is 5.82 Å². The number of para-hydroxylation sites is 2. The van der Waals surface area contributed by atoms with Crippen molar-refractivity contribution in [2.24, 2.45) is 5.73 Å². The molecule has 5 nitrogen and oxygen atoms in total. The molecule has 5 heteroatoms. The second-order valence-corrected chi connectivity index (χ2v) is 4.41. The summed E-state index contributed by atoms with van der Waals surface area (Å²) in [5.74, 6) is 0.903. The summed E-state index contributed by atoms with van der Waals surface area (Å²) in [5, 5.41) is 0. The zero-order chi connectivity index (χ0) is 12.0. The molecule has 1 aromatic heterocycles. The molecule has 0 saturated carbocycles. The number of aromatic nitrogens is 2. The second kappa shape index (κ2) is 3.56. The van der Waals surface area contributed by atoms with E-state index < -0.39 is 6.04 Å². The van der Waals surface area contributed by atoms with Crippen LogP contribution in [0.3, 0.4) is 0 Å². The molecular formula is C12H14N4O. The molecule has 0 bridgehead atoms. The van der Waals surface area contributed by atoms with E-state index in [0.29, 0.717) is 13.2 Å². The van der Waals surface area contributed by atoms with Crippen molar-refractivity contribution in [3.63, 3.8) is 0 Å². The average molecular weight is 230 g/mol. The number of carbonyl (C=O) groups excluding carboxylic acids is 1. The van der Waals surface area contributed by atoms with E-state index in [-0.39, 0.29) is 5.91 Å². The van der Waals surface area contributed by atoms with Gasteiger partial charge in [-0.3, -0.25) is 4.79 Å². The molecule has 1 aromatic carbocycles. The van der Waals surface area contributed by atoms with Crippen molar-refractivity contribution in [2.45, 2.75) is 26.2 Å². The topological polar surface area (TPSA) is 64.2 Å². The van der Waals surface area contributed by atoms with E-state index in [0.717, 1.165) is 16.9 Å². The summed E-state index contributed by atoms with van der Waals surface area (Å²) in [4.78, 5) is 18.1. The average Bonchev–Trinajstić information content (AvgIpc) is 2.84. The van der Waals surface area contributed by atoms with E-state index in [2.05, 4.69) is 9.55 Å². The second-order valence-electron chi connectivity index (χ2n) is 4.41. The Balaban J connectivity index is 1.97. The van der Waals surface area contributed by atoms with Crippen molar-refractivity contribution in [1.82, 2.24) is 14.5 Å². The number of rotatable bonds is 1. The van der Waals surface area contributed by atoms with Gasteiger partial charge < -0.3 is 15.2 Å². The highest BCUT2D eigenvalue weighted by Crippen LogP contribution is 2.23. The smallest absolute Gasteiger partial charge is 0.241 e. The van der Waals surface area contributed by atoms with Gasteiger partial charge in [-0.15, -0.1) is 0 Å². The normalized spacial score (nSPS) is 16.2. The molecule has 3 rings (SSSR count). The number of imidazole rings is 1. The summed E-state index contributed by atoms with van der Waals surface area (Å²) in [6, 6.07) is 7.50. The van der Waals surface area contributed by atoms with Gasteiger partial charge in [0.15, 0.2) is 0 Å². The number of nitrogens with two attached hydrogens (primary N) is 1. The summed E-state index contributed by atoms with van der Waals surface area (Å²) < 4.78 is 2.07. The van der Waals surface area contributed by atoms with Gasteiger partial charge in [-0.2, -0.15) is 0 Å². The molecule has 0 radical (unpaired) electrons. The van der Waals surface area contributed by atoms with Gasteiger partial charge >= 0.3 is 0 Å². The lowest BCUT2D eigenvalue weighted by Crippen LogP contribution is -2.39. The van der Waals surface area contributed by atoms with E-state index >= 15 is 0 Å². The lowest BCUT2D eigenvalue weighted by molar-refractivity contribution is -0.133. The molecule has 0 unspecified atom stereocenters. The summed E-state index contributed by atoms with van der Waals surface area (Å²) in [7, 11) is 0. The fourth-order valence-electron chi connectivity index (χ4n) is 2.23. The monoisotopic (exact) mass is 230 g/mol. The quantitative estimate of drug-likeness (QED) is 0.783. The van der Waals surface area contributed by atoms with Crippen LogP contribution in [0.4, 0.5) is 0 Å². The lowest BCUT2D eigenvalue weighted by Gasteiger charge is -2.17. The van der Waals surface area contributed by atoms with Crippen molar-refractivity contribution in [3.8, 4) is 0 Å². The molecule has 88 valence electrons. The molecule has 1 atom stereocenters. The van der Waals surface area contributed by atoms with Gasteiger partial charge in [-0.1, -0.05) is 12.1 Å². The largest absolute Gasteiger partial charge is 0.320 e.